The number of hydrogen-bond donors (Lipinski definition) is 2. The number of benzene rings is 2. The van der Waals surface area contributed by atoms with Gasteiger partial charge in [0, 0.05) is 12.0 Å². The van der Waals surface area contributed by atoms with Gasteiger partial charge in [-0.2, -0.15) is 18.2 Å². The molecule has 36 heavy (non-hydrogen) atoms. The van der Waals surface area contributed by atoms with Crippen molar-refractivity contribution in [3.05, 3.63) is 75.7 Å². The summed E-state index contributed by atoms with van der Waals surface area (Å²) < 4.78 is 83.1. The maximum Gasteiger partial charge on any atom is 0.416 e. The van der Waals surface area contributed by atoms with Gasteiger partial charge in [0.15, 0.2) is 17.9 Å². The zero-order chi connectivity index (χ0) is 26.3. The number of halogens is 4. The Hall–Kier alpha value is -2.80. The van der Waals surface area contributed by atoms with Crippen molar-refractivity contribution in [2.45, 2.75) is 31.0 Å². The summed E-state index contributed by atoms with van der Waals surface area (Å²) in [6, 6.07) is 8.19. The Morgan fingerprint density at radius 3 is 2.64 bits per heavy atom. The van der Waals surface area contributed by atoms with Crippen LogP contribution in [-0.2, 0) is 29.0 Å². The Morgan fingerprint density at radius 2 is 2.00 bits per heavy atom. The van der Waals surface area contributed by atoms with Gasteiger partial charge in [0.05, 0.1) is 12.6 Å². The number of primary sulfonamides is 1. The number of nitrogens with one attached hydrogen (secondary N) is 1. The number of likely N-dealkylation sites (N-methyl/N-ethyl adjacent to an activating group) is 2. The molecule has 1 aliphatic carbocycles. The summed E-state index contributed by atoms with van der Waals surface area (Å²) in [7, 11) is -0.463. The summed E-state index contributed by atoms with van der Waals surface area (Å²) in [5.41, 5.74) is 1.44. The molecule has 0 saturated heterocycles. The Kier molecular flexibility index (Phi) is 6.99. The van der Waals surface area contributed by atoms with Crippen LogP contribution in [0.3, 0.4) is 0 Å². The van der Waals surface area contributed by atoms with E-state index in [1.807, 2.05) is 0 Å². The van der Waals surface area contributed by atoms with Crippen LogP contribution in [0.5, 0.6) is 5.75 Å². The molecule has 194 valence electrons. The van der Waals surface area contributed by atoms with Crippen molar-refractivity contribution < 1.29 is 35.2 Å². The molecule has 1 aliphatic heterocycles. The molecule has 7 nitrogen and oxygen atoms in total. The second kappa shape index (κ2) is 9.58. The zero-order valence-electron chi connectivity index (χ0n) is 19.7. The molecule has 0 bridgehead atoms. The van der Waals surface area contributed by atoms with Gasteiger partial charge in [-0.05, 0) is 54.8 Å². The van der Waals surface area contributed by atoms with Gasteiger partial charge in [-0.1, -0.05) is 18.2 Å². The van der Waals surface area contributed by atoms with Crippen LogP contribution in [0.1, 0.15) is 28.2 Å². The molecule has 4 rings (SSSR count). The van der Waals surface area contributed by atoms with Gasteiger partial charge in [0.25, 0.3) is 10.0 Å². The third kappa shape index (κ3) is 5.61. The van der Waals surface area contributed by atoms with E-state index in [0.29, 0.717) is 18.4 Å². The number of rotatable bonds is 8. The Labute approximate surface area is 206 Å². The minimum Gasteiger partial charge on any atom is -0.485 e. The Bertz CT molecular complexity index is 1330. The monoisotopic (exact) mass is 527 g/mol. The lowest BCUT2D eigenvalue weighted by Crippen LogP contribution is -2.39. The highest BCUT2D eigenvalue weighted by molar-refractivity contribution is 7.93. The molecule has 0 amide bonds. The Morgan fingerprint density at radius 1 is 1.25 bits per heavy atom. The molecule has 0 spiro atoms. The first kappa shape index (κ1) is 26.3. The van der Waals surface area contributed by atoms with Gasteiger partial charge in [0.2, 0.25) is 5.03 Å². The van der Waals surface area contributed by atoms with Crippen LogP contribution in [0, 0.1) is 5.82 Å². The van der Waals surface area contributed by atoms with Crippen molar-refractivity contribution in [3.63, 3.8) is 0 Å². The topological polar surface area (TPSA) is 93.8 Å². The third-order valence-corrected chi connectivity index (χ3v) is 7.37. The first-order valence-electron chi connectivity index (χ1n) is 11.2. The fraction of sp³-hybridized carbons (Fsp3) is 0.375. The van der Waals surface area contributed by atoms with Gasteiger partial charge in [-0.25, -0.2) is 17.9 Å². The van der Waals surface area contributed by atoms with E-state index in [1.165, 1.54) is 24.7 Å². The van der Waals surface area contributed by atoms with E-state index in [2.05, 4.69) is 10.3 Å². The molecule has 0 fully saturated rings. The van der Waals surface area contributed by atoms with Crippen molar-refractivity contribution in [2.75, 3.05) is 27.2 Å². The molecule has 1 heterocycles. The van der Waals surface area contributed by atoms with Gasteiger partial charge in [-0.3, -0.25) is 4.48 Å². The van der Waals surface area contributed by atoms with Gasteiger partial charge in [0.1, 0.15) is 19.4 Å². The normalized spacial score (nSPS) is 23.6. The SMILES string of the molecule is CNC1Cc2cc(F)c(OCC[N+]3(C)C=NC(S(N)(=O)=O)=C3)cc2C1Cc1cccc(C(F)(F)F)c1. The summed E-state index contributed by atoms with van der Waals surface area (Å²) in [4.78, 5) is 3.83. The van der Waals surface area contributed by atoms with Crippen LogP contribution in [0.15, 0.2) is 52.6 Å². The highest BCUT2D eigenvalue weighted by Gasteiger charge is 2.35. The molecule has 2 aromatic carbocycles. The fourth-order valence-electron chi connectivity index (χ4n) is 4.65. The number of sulfonamides is 1. The summed E-state index contributed by atoms with van der Waals surface area (Å²) >= 11 is 0. The molecular formula is C24H27F4N4O3S+. The van der Waals surface area contributed by atoms with E-state index in [9.17, 15) is 26.0 Å². The number of aliphatic imine (C=N–C) groups is 1. The smallest absolute Gasteiger partial charge is 0.416 e. The standard InChI is InChI=1S/C24H27F4N4O3S/c1-30-21-11-16-10-20(25)22(35-7-6-32(2)13-23(31-14-32)36(29,33)34)12-18(16)19(21)9-15-4-3-5-17(8-15)24(26,27)28/h3-5,8,10,12-14,19,21,30H,6-7,9,11H2,1-2H3,(H2,29,33,34)/q+1. The van der Waals surface area contributed by atoms with Crippen LogP contribution < -0.4 is 15.2 Å². The minimum atomic E-state index is -4.43. The lowest BCUT2D eigenvalue weighted by molar-refractivity contribution is -0.756. The summed E-state index contributed by atoms with van der Waals surface area (Å²) in [5.74, 6) is -0.688. The van der Waals surface area contributed by atoms with E-state index < -0.39 is 27.6 Å². The van der Waals surface area contributed by atoms with Crippen molar-refractivity contribution in [3.8, 4) is 5.75 Å². The van der Waals surface area contributed by atoms with Gasteiger partial charge >= 0.3 is 6.18 Å². The predicted octanol–water partition coefficient (Wildman–Crippen LogP) is 3.27. The van der Waals surface area contributed by atoms with Crippen LogP contribution in [0.4, 0.5) is 17.6 Å². The van der Waals surface area contributed by atoms with Crippen LogP contribution in [0.2, 0.25) is 0 Å². The number of nitrogens with zero attached hydrogens (tertiary/aromatic N) is 2. The minimum absolute atomic E-state index is 0.0122. The van der Waals surface area contributed by atoms with Crippen LogP contribution in [0.25, 0.3) is 0 Å². The van der Waals surface area contributed by atoms with E-state index in [1.54, 1.807) is 26.2 Å². The molecular weight excluding hydrogens is 500 g/mol. The van der Waals surface area contributed by atoms with Crippen LogP contribution >= 0.6 is 0 Å². The van der Waals surface area contributed by atoms with E-state index in [4.69, 9.17) is 9.88 Å². The first-order valence-corrected chi connectivity index (χ1v) is 12.8. The van der Waals surface area contributed by atoms with E-state index in [-0.39, 0.29) is 40.4 Å². The number of ether oxygens (including phenoxy) is 1. The molecule has 3 N–H and O–H groups in total. The average Bonchev–Trinajstić information content (AvgIpc) is 3.34. The second-order valence-corrected chi connectivity index (χ2v) is 10.8. The summed E-state index contributed by atoms with van der Waals surface area (Å²) in [6.07, 6.45) is -0.760. The lowest BCUT2D eigenvalue weighted by atomic mass is 9.90. The number of alkyl halides is 3. The average molecular weight is 528 g/mol. The van der Waals surface area contributed by atoms with Crippen molar-refractivity contribution in [1.82, 2.24) is 5.32 Å². The van der Waals surface area contributed by atoms with Gasteiger partial charge in [-0.15, -0.1) is 0 Å². The molecule has 0 aromatic heterocycles. The quantitative estimate of drug-likeness (QED) is 0.407. The van der Waals surface area contributed by atoms with E-state index >= 15 is 0 Å². The van der Waals surface area contributed by atoms with Gasteiger partial charge < -0.3 is 10.1 Å². The second-order valence-electron chi connectivity index (χ2n) is 9.27. The maximum absolute atomic E-state index is 14.8. The molecule has 12 heteroatoms. The largest absolute Gasteiger partial charge is 0.485 e. The molecule has 0 radical (unpaired) electrons. The molecule has 3 unspecified atom stereocenters. The van der Waals surface area contributed by atoms with Crippen molar-refractivity contribution >= 4 is 16.4 Å². The highest BCUT2D eigenvalue weighted by atomic mass is 32.2. The molecule has 0 saturated carbocycles. The third-order valence-electron chi connectivity index (χ3n) is 6.58. The first-order chi connectivity index (χ1) is 16.8. The summed E-state index contributed by atoms with van der Waals surface area (Å²) in [6.45, 7) is 0.326. The number of fused-ring (bicyclic) bond motifs is 1. The van der Waals surface area contributed by atoms with E-state index in [0.717, 1.165) is 23.3 Å². The molecule has 2 aromatic rings. The highest BCUT2D eigenvalue weighted by Crippen LogP contribution is 2.40. The molecule has 3 atom stereocenters. The summed E-state index contributed by atoms with van der Waals surface area (Å²) in [5, 5.41) is 8.06. The number of nitrogens with two attached hydrogens (primary N) is 1. The van der Waals surface area contributed by atoms with Crippen LogP contribution in [-0.4, -0.2) is 52.5 Å². The number of quaternary nitrogens is 1. The molecule has 2 aliphatic rings. The number of hydrogen-bond acceptors (Lipinski definition) is 5. The Balaban J connectivity index is 1.52. The van der Waals surface area contributed by atoms with Crippen molar-refractivity contribution in [1.29, 1.82) is 0 Å². The maximum atomic E-state index is 14.8. The van der Waals surface area contributed by atoms with Crippen molar-refractivity contribution in [2.24, 2.45) is 10.1 Å². The fourth-order valence-corrected chi connectivity index (χ4v) is 5.23. The predicted molar refractivity (Wildman–Crippen MR) is 127 cm³/mol. The zero-order valence-corrected chi connectivity index (χ0v) is 20.5. The lowest BCUT2D eigenvalue weighted by Gasteiger charge is -2.22.